The number of hydrogen-bond donors (Lipinski definition) is 0. The van der Waals surface area contributed by atoms with E-state index in [1.807, 2.05) is 6.07 Å². The highest BCUT2D eigenvalue weighted by molar-refractivity contribution is 6.31. The average molecular weight is 197 g/mol. The second kappa shape index (κ2) is 4.66. The van der Waals surface area contributed by atoms with Gasteiger partial charge < -0.3 is 0 Å². The quantitative estimate of drug-likeness (QED) is 0.679. The van der Waals surface area contributed by atoms with Crippen LogP contribution in [0.1, 0.15) is 31.4 Å². The molecule has 0 aromatic heterocycles. The molecular formula is C12H17Cl. The van der Waals surface area contributed by atoms with E-state index in [2.05, 4.69) is 32.9 Å². The number of rotatable bonds is 3. The average Bonchev–Trinajstić information content (AvgIpc) is 2.07. The van der Waals surface area contributed by atoms with E-state index in [1.54, 1.807) is 0 Å². The molecule has 0 saturated carbocycles. The van der Waals surface area contributed by atoms with Crippen molar-refractivity contribution < 1.29 is 0 Å². The van der Waals surface area contributed by atoms with Gasteiger partial charge in [-0.2, -0.15) is 0 Å². The van der Waals surface area contributed by atoms with Crippen LogP contribution in [-0.4, -0.2) is 0 Å². The molecule has 0 bridgehead atoms. The fourth-order valence-electron chi connectivity index (χ4n) is 1.32. The van der Waals surface area contributed by atoms with Gasteiger partial charge in [-0.15, -0.1) is 0 Å². The normalized spacial score (nSPS) is 10.8. The Balaban J connectivity index is 2.63. The molecule has 0 amide bonds. The largest absolute Gasteiger partial charge is 0.0841 e. The van der Waals surface area contributed by atoms with Crippen LogP contribution >= 0.6 is 11.6 Å². The van der Waals surface area contributed by atoms with E-state index < -0.39 is 0 Å². The summed E-state index contributed by atoms with van der Waals surface area (Å²) in [4.78, 5) is 0. The first-order valence-electron chi connectivity index (χ1n) is 4.84. The van der Waals surface area contributed by atoms with Crippen LogP contribution < -0.4 is 0 Å². The number of halogens is 1. The molecule has 1 aromatic carbocycles. The molecule has 1 rings (SSSR count). The Kier molecular flexibility index (Phi) is 3.80. The predicted molar refractivity (Wildman–Crippen MR) is 59.3 cm³/mol. The number of hydrogen-bond acceptors (Lipinski definition) is 0. The minimum Gasteiger partial charge on any atom is -0.0841 e. The first kappa shape index (κ1) is 10.6. The fraction of sp³-hybridized carbons (Fsp3) is 0.500. The summed E-state index contributed by atoms with van der Waals surface area (Å²) in [5.74, 6) is 0.774. The van der Waals surface area contributed by atoms with E-state index >= 15 is 0 Å². The molecule has 1 aromatic rings. The maximum Gasteiger partial charge on any atom is 0.0435 e. The highest BCUT2D eigenvalue weighted by Gasteiger charge is 1.99. The first-order valence-corrected chi connectivity index (χ1v) is 5.22. The molecule has 0 heterocycles. The van der Waals surface area contributed by atoms with Gasteiger partial charge in [0.2, 0.25) is 0 Å². The molecule has 0 fully saturated rings. The molecule has 0 unspecified atom stereocenters. The number of benzene rings is 1. The minimum atomic E-state index is 0.774. The van der Waals surface area contributed by atoms with E-state index in [1.165, 1.54) is 17.5 Å². The van der Waals surface area contributed by atoms with Crippen LogP contribution in [0.25, 0.3) is 0 Å². The van der Waals surface area contributed by atoms with Crippen molar-refractivity contribution in [2.24, 2.45) is 5.92 Å². The second-order valence-corrected chi connectivity index (χ2v) is 4.42. The number of aryl methyl sites for hydroxylation is 2. The smallest absolute Gasteiger partial charge is 0.0435 e. The highest BCUT2D eigenvalue weighted by Crippen LogP contribution is 2.18. The van der Waals surface area contributed by atoms with Crippen molar-refractivity contribution >= 4 is 11.6 Å². The van der Waals surface area contributed by atoms with Gasteiger partial charge in [-0.25, -0.2) is 0 Å². The van der Waals surface area contributed by atoms with E-state index in [9.17, 15) is 0 Å². The van der Waals surface area contributed by atoms with Gasteiger partial charge in [0.25, 0.3) is 0 Å². The van der Waals surface area contributed by atoms with Gasteiger partial charge >= 0.3 is 0 Å². The van der Waals surface area contributed by atoms with Gasteiger partial charge in [0.05, 0.1) is 0 Å². The third kappa shape index (κ3) is 3.40. The molecule has 0 N–H and O–H groups in total. The van der Waals surface area contributed by atoms with Crippen molar-refractivity contribution in [3.05, 3.63) is 34.3 Å². The zero-order valence-corrected chi connectivity index (χ0v) is 9.36. The molecule has 0 atom stereocenters. The van der Waals surface area contributed by atoms with Crippen LogP contribution in [0.4, 0.5) is 0 Å². The van der Waals surface area contributed by atoms with Crippen LogP contribution in [0.3, 0.4) is 0 Å². The maximum atomic E-state index is 5.94. The first-order chi connectivity index (χ1) is 6.09. The Morgan fingerprint density at radius 1 is 1.31 bits per heavy atom. The summed E-state index contributed by atoms with van der Waals surface area (Å²) >= 11 is 5.94. The molecule has 0 radical (unpaired) electrons. The molecule has 0 aliphatic carbocycles. The Morgan fingerprint density at radius 3 is 2.54 bits per heavy atom. The molecule has 72 valence electrons. The van der Waals surface area contributed by atoms with Crippen LogP contribution in [-0.2, 0) is 6.42 Å². The maximum absolute atomic E-state index is 5.94. The van der Waals surface area contributed by atoms with Crippen molar-refractivity contribution in [2.45, 2.75) is 33.6 Å². The van der Waals surface area contributed by atoms with Crippen LogP contribution in [0, 0.1) is 12.8 Å². The lowest BCUT2D eigenvalue weighted by Crippen LogP contribution is -1.92. The zero-order valence-electron chi connectivity index (χ0n) is 8.60. The SMILES string of the molecule is Cc1cc(CCC(C)C)ccc1Cl. The van der Waals surface area contributed by atoms with Gasteiger partial charge in [-0.3, -0.25) is 0 Å². The van der Waals surface area contributed by atoms with Crippen molar-refractivity contribution in [1.29, 1.82) is 0 Å². The third-order valence-electron chi connectivity index (χ3n) is 2.23. The van der Waals surface area contributed by atoms with Gasteiger partial charge in [0.15, 0.2) is 0 Å². The lowest BCUT2D eigenvalue weighted by atomic mass is 10.0. The summed E-state index contributed by atoms with van der Waals surface area (Å²) in [6.45, 7) is 6.56. The molecular weight excluding hydrogens is 180 g/mol. The highest BCUT2D eigenvalue weighted by atomic mass is 35.5. The van der Waals surface area contributed by atoms with E-state index in [0.717, 1.165) is 17.4 Å². The molecule has 0 spiro atoms. The topological polar surface area (TPSA) is 0 Å². The lowest BCUT2D eigenvalue weighted by Gasteiger charge is -2.06. The summed E-state index contributed by atoms with van der Waals surface area (Å²) in [7, 11) is 0. The van der Waals surface area contributed by atoms with E-state index in [-0.39, 0.29) is 0 Å². The van der Waals surface area contributed by atoms with Crippen molar-refractivity contribution in [3.63, 3.8) is 0 Å². The van der Waals surface area contributed by atoms with E-state index in [0.29, 0.717) is 0 Å². The Morgan fingerprint density at radius 2 is 2.00 bits per heavy atom. The van der Waals surface area contributed by atoms with Crippen LogP contribution in [0.5, 0.6) is 0 Å². The van der Waals surface area contributed by atoms with Crippen molar-refractivity contribution in [1.82, 2.24) is 0 Å². The summed E-state index contributed by atoms with van der Waals surface area (Å²) in [6, 6.07) is 6.30. The predicted octanol–water partition coefficient (Wildman–Crippen LogP) is 4.24. The fourth-order valence-corrected chi connectivity index (χ4v) is 1.44. The lowest BCUT2D eigenvalue weighted by molar-refractivity contribution is 0.586. The van der Waals surface area contributed by atoms with Crippen LogP contribution in [0.2, 0.25) is 5.02 Å². The van der Waals surface area contributed by atoms with Crippen LogP contribution in [0.15, 0.2) is 18.2 Å². The summed E-state index contributed by atoms with van der Waals surface area (Å²) in [6.07, 6.45) is 2.41. The molecule has 0 saturated heterocycles. The zero-order chi connectivity index (χ0) is 9.84. The Labute approximate surface area is 85.9 Å². The Bertz CT molecular complexity index is 276. The molecule has 0 aliphatic rings. The summed E-state index contributed by atoms with van der Waals surface area (Å²) in [5.41, 5.74) is 2.58. The van der Waals surface area contributed by atoms with E-state index in [4.69, 9.17) is 11.6 Å². The molecule has 13 heavy (non-hydrogen) atoms. The third-order valence-corrected chi connectivity index (χ3v) is 2.66. The minimum absolute atomic E-state index is 0.774. The van der Waals surface area contributed by atoms with Gasteiger partial charge in [0.1, 0.15) is 0 Å². The monoisotopic (exact) mass is 196 g/mol. The van der Waals surface area contributed by atoms with Crippen molar-refractivity contribution in [2.75, 3.05) is 0 Å². The molecule has 1 heteroatoms. The molecule has 0 aliphatic heterocycles. The summed E-state index contributed by atoms with van der Waals surface area (Å²) in [5, 5.41) is 0.869. The second-order valence-electron chi connectivity index (χ2n) is 4.02. The van der Waals surface area contributed by atoms with Gasteiger partial charge in [0, 0.05) is 5.02 Å². The standard InChI is InChI=1S/C12H17Cl/c1-9(2)4-5-11-6-7-12(13)10(3)8-11/h6-9H,4-5H2,1-3H3. The van der Waals surface area contributed by atoms with Gasteiger partial charge in [-0.05, 0) is 42.9 Å². The summed E-state index contributed by atoms with van der Waals surface area (Å²) < 4.78 is 0. The molecule has 0 nitrogen and oxygen atoms in total. The Hall–Kier alpha value is -0.490. The van der Waals surface area contributed by atoms with Gasteiger partial charge in [-0.1, -0.05) is 37.6 Å². The van der Waals surface area contributed by atoms with Crippen molar-refractivity contribution in [3.8, 4) is 0 Å².